The summed E-state index contributed by atoms with van der Waals surface area (Å²) in [4.78, 5) is 8.86. The van der Waals surface area contributed by atoms with Crippen molar-refractivity contribution in [1.82, 2.24) is 0 Å². The average Bonchev–Trinajstić information content (AvgIpc) is 2.80. The lowest BCUT2D eigenvalue weighted by Gasteiger charge is -2.04. The number of hydrogen-bond donors (Lipinski definition) is 2. The molecule has 0 aromatic heterocycles. The third-order valence-electron chi connectivity index (χ3n) is 4.86. The molecule has 0 aliphatic rings. The van der Waals surface area contributed by atoms with E-state index in [9.17, 15) is 10.2 Å². The second-order valence-electron chi connectivity index (χ2n) is 7.14. The monoisotopic (exact) mass is 406 g/mol. The Labute approximate surface area is 181 Å². The lowest BCUT2D eigenvalue weighted by Crippen LogP contribution is -1.87. The highest BCUT2D eigenvalue weighted by molar-refractivity contribution is 5.85. The standard InChI is InChI=1S/C27H22N2O2/c30-26-7-3-1-5-22(26)18-28-24-13-9-20(10-14-24)17-21-11-15-25(16-12-21)29-19-23-6-2-4-8-27(23)31/h1-16,18-19,30-31H,17H2. The summed E-state index contributed by atoms with van der Waals surface area (Å²) >= 11 is 0. The molecule has 0 atom stereocenters. The van der Waals surface area contributed by atoms with Gasteiger partial charge in [-0.3, -0.25) is 9.98 Å². The van der Waals surface area contributed by atoms with E-state index in [0.29, 0.717) is 11.1 Å². The molecule has 0 unspecified atom stereocenters. The highest BCUT2D eigenvalue weighted by Crippen LogP contribution is 2.20. The Morgan fingerprint density at radius 2 is 0.903 bits per heavy atom. The molecule has 4 aromatic rings. The van der Waals surface area contributed by atoms with E-state index in [1.165, 1.54) is 11.1 Å². The second kappa shape index (κ2) is 9.55. The van der Waals surface area contributed by atoms with E-state index in [2.05, 4.69) is 34.3 Å². The fraction of sp³-hybridized carbons (Fsp3) is 0.0370. The van der Waals surface area contributed by atoms with Gasteiger partial charge in [0.05, 0.1) is 11.4 Å². The summed E-state index contributed by atoms with van der Waals surface area (Å²) in [7, 11) is 0. The van der Waals surface area contributed by atoms with Gasteiger partial charge in [-0.05, 0) is 66.1 Å². The van der Waals surface area contributed by atoms with Gasteiger partial charge in [0.15, 0.2) is 0 Å². The van der Waals surface area contributed by atoms with Gasteiger partial charge in [0.2, 0.25) is 0 Å². The Balaban J connectivity index is 1.38. The number of benzene rings is 4. The molecule has 0 radical (unpaired) electrons. The van der Waals surface area contributed by atoms with Crippen LogP contribution in [0, 0.1) is 0 Å². The zero-order valence-electron chi connectivity index (χ0n) is 16.9. The molecular weight excluding hydrogens is 384 g/mol. The smallest absolute Gasteiger partial charge is 0.124 e. The fourth-order valence-corrected chi connectivity index (χ4v) is 3.12. The molecule has 0 saturated carbocycles. The van der Waals surface area contributed by atoms with Crippen LogP contribution in [-0.4, -0.2) is 22.6 Å². The minimum Gasteiger partial charge on any atom is -0.507 e. The van der Waals surface area contributed by atoms with Crippen LogP contribution in [-0.2, 0) is 6.42 Å². The molecule has 4 rings (SSSR count). The molecule has 152 valence electrons. The van der Waals surface area contributed by atoms with Crippen LogP contribution in [0.3, 0.4) is 0 Å². The highest BCUT2D eigenvalue weighted by Gasteiger charge is 2.00. The summed E-state index contributed by atoms with van der Waals surface area (Å²) in [5, 5.41) is 19.6. The first kappa shape index (κ1) is 20.1. The van der Waals surface area contributed by atoms with E-state index in [0.717, 1.165) is 17.8 Å². The van der Waals surface area contributed by atoms with Crippen LogP contribution in [0.15, 0.2) is 107 Å². The Morgan fingerprint density at radius 3 is 1.29 bits per heavy atom. The first-order valence-corrected chi connectivity index (χ1v) is 9.99. The number of para-hydroxylation sites is 2. The molecule has 0 bridgehead atoms. The molecule has 0 saturated heterocycles. The summed E-state index contributed by atoms with van der Waals surface area (Å²) in [6.45, 7) is 0. The normalized spacial score (nSPS) is 11.4. The van der Waals surface area contributed by atoms with Crippen LogP contribution >= 0.6 is 0 Å². The highest BCUT2D eigenvalue weighted by atomic mass is 16.3. The number of aromatic hydroxyl groups is 2. The number of rotatable bonds is 6. The van der Waals surface area contributed by atoms with Crippen LogP contribution in [0.2, 0.25) is 0 Å². The predicted octanol–water partition coefficient (Wildman–Crippen LogP) is 6.19. The van der Waals surface area contributed by atoms with Gasteiger partial charge in [0.1, 0.15) is 11.5 Å². The molecule has 0 heterocycles. The maximum absolute atomic E-state index is 9.81. The van der Waals surface area contributed by atoms with Gasteiger partial charge in [-0.2, -0.15) is 0 Å². The molecule has 4 aromatic carbocycles. The molecule has 31 heavy (non-hydrogen) atoms. The van der Waals surface area contributed by atoms with E-state index < -0.39 is 0 Å². The summed E-state index contributed by atoms with van der Waals surface area (Å²) in [5.41, 5.74) is 5.43. The molecule has 0 amide bonds. The van der Waals surface area contributed by atoms with Crippen molar-refractivity contribution in [2.24, 2.45) is 9.98 Å². The quantitative estimate of drug-likeness (QED) is 0.375. The fourth-order valence-electron chi connectivity index (χ4n) is 3.12. The van der Waals surface area contributed by atoms with E-state index in [4.69, 9.17) is 0 Å². The molecule has 4 nitrogen and oxygen atoms in total. The van der Waals surface area contributed by atoms with Gasteiger partial charge >= 0.3 is 0 Å². The van der Waals surface area contributed by atoms with E-state index in [-0.39, 0.29) is 11.5 Å². The Hall–Kier alpha value is -4.18. The van der Waals surface area contributed by atoms with Gasteiger partial charge < -0.3 is 10.2 Å². The van der Waals surface area contributed by atoms with Crippen molar-refractivity contribution in [2.45, 2.75) is 6.42 Å². The van der Waals surface area contributed by atoms with Crippen molar-refractivity contribution in [3.8, 4) is 11.5 Å². The molecule has 0 aliphatic carbocycles. The van der Waals surface area contributed by atoms with Gasteiger partial charge in [-0.15, -0.1) is 0 Å². The first-order chi connectivity index (χ1) is 15.2. The van der Waals surface area contributed by atoms with Gasteiger partial charge in [0, 0.05) is 23.6 Å². The largest absolute Gasteiger partial charge is 0.507 e. The van der Waals surface area contributed by atoms with Crippen LogP contribution in [0.25, 0.3) is 0 Å². The summed E-state index contributed by atoms with van der Waals surface area (Å²) in [6, 6.07) is 30.3. The van der Waals surface area contributed by atoms with Crippen molar-refractivity contribution in [3.05, 3.63) is 119 Å². The van der Waals surface area contributed by atoms with Crippen LogP contribution in [0.5, 0.6) is 11.5 Å². The predicted molar refractivity (Wildman–Crippen MR) is 126 cm³/mol. The van der Waals surface area contributed by atoms with Crippen molar-refractivity contribution in [1.29, 1.82) is 0 Å². The SMILES string of the molecule is Oc1ccccc1C=Nc1ccc(Cc2ccc(N=Cc3ccccc3O)cc2)cc1. The Bertz CT molecular complexity index is 1110. The zero-order chi connectivity index (χ0) is 21.5. The van der Waals surface area contributed by atoms with Crippen LogP contribution in [0.1, 0.15) is 22.3 Å². The lowest BCUT2D eigenvalue weighted by molar-refractivity contribution is 0.474. The van der Waals surface area contributed by atoms with Crippen LogP contribution < -0.4 is 0 Å². The van der Waals surface area contributed by atoms with Gasteiger partial charge in [-0.1, -0.05) is 48.5 Å². The van der Waals surface area contributed by atoms with Crippen molar-refractivity contribution in [3.63, 3.8) is 0 Å². The minimum atomic E-state index is 0.219. The van der Waals surface area contributed by atoms with Crippen molar-refractivity contribution >= 4 is 23.8 Å². The maximum atomic E-state index is 9.81. The molecule has 0 aliphatic heterocycles. The summed E-state index contributed by atoms with van der Waals surface area (Å²) in [6.07, 6.45) is 4.14. The Morgan fingerprint density at radius 1 is 0.516 bits per heavy atom. The van der Waals surface area contributed by atoms with Gasteiger partial charge in [-0.25, -0.2) is 0 Å². The maximum Gasteiger partial charge on any atom is 0.124 e. The minimum absolute atomic E-state index is 0.219. The number of phenols is 2. The summed E-state index contributed by atoms with van der Waals surface area (Å²) < 4.78 is 0. The molecule has 2 N–H and O–H groups in total. The van der Waals surface area contributed by atoms with Gasteiger partial charge in [0.25, 0.3) is 0 Å². The van der Waals surface area contributed by atoms with Crippen molar-refractivity contribution < 1.29 is 10.2 Å². The first-order valence-electron chi connectivity index (χ1n) is 9.99. The average molecular weight is 406 g/mol. The molecule has 0 fully saturated rings. The number of hydrogen-bond acceptors (Lipinski definition) is 4. The number of nitrogens with zero attached hydrogens (tertiary/aromatic N) is 2. The third-order valence-corrected chi connectivity index (χ3v) is 4.86. The molecular formula is C27H22N2O2. The van der Waals surface area contributed by atoms with Crippen molar-refractivity contribution in [2.75, 3.05) is 0 Å². The summed E-state index contributed by atoms with van der Waals surface area (Å²) in [5.74, 6) is 0.437. The molecule has 0 spiro atoms. The topological polar surface area (TPSA) is 65.2 Å². The second-order valence-corrected chi connectivity index (χ2v) is 7.14. The molecule has 4 heteroatoms. The number of aliphatic imine (C=N–C) groups is 2. The number of phenolic OH excluding ortho intramolecular Hbond substituents is 2. The van der Waals surface area contributed by atoms with E-state index in [1.54, 1.807) is 36.7 Å². The van der Waals surface area contributed by atoms with E-state index >= 15 is 0 Å². The Kier molecular flexibility index (Phi) is 6.19. The van der Waals surface area contributed by atoms with Crippen LogP contribution in [0.4, 0.5) is 11.4 Å². The third kappa shape index (κ3) is 5.46. The zero-order valence-corrected chi connectivity index (χ0v) is 16.9. The lowest BCUT2D eigenvalue weighted by atomic mass is 10.0. The van der Waals surface area contributed by atoms with E-state index in [1.807, 2.05) is 48.5 Å².